The Kier molecular flexibility index (Phi) is 6.27. The molecule has 0 bridgehead atoms. The lowest BCUT2D eigenvalue weighted by Gasteiger charge is -2.09. The van der Waals surface area contributed by atoms with Crippen LogP contribution >= 0.6 is 0 Å². The van der Waals surface area contributed by atoms with Crippen LogP contribution in [0.15, 0.2) is 42.5 Å². The summed E-state index contributed by atoms with van der Waals surface area (Å²) in [7, 11) is 0. The van der Waals surface area contributed by atoms with Gasteiger partial charge in [-0.1, -0.05) is 12.1 Å². The van der Waals surface area contributed by atoms with Gasteiger partial charge in [0.15, 0.2) is 11.6 Å². The molecule has 0 aliphatic heterocycles. The van der Waals surface area contributed by atoms with Crippen LogP contribution in [0.4, 0.5) is 13.6 Å². The molecular weight excluding hydrogens is 334 g/mol. The van der Waals surface area contributed by atoms with Crippen molar-refractivity contribution >= 4 is 12.0 Å². The number of hydrogen-bond donors (Lipinski definition) is 3. The fourth-order valence-electron chi connectivity index (χ4n) is 1.99. The van der Waals surface area contributed by atoms with Crippen molar-refractivity contribution < 1.29 is 28.2 Å². The molecule has 6 nitrogen and oxygen atoms in total. The van der Waals surface area contributed by atoms with E-state index in [9.17, 15) is 18.4 Å². The Morgan fingerprint density at radius 3 is 2.48 bits per heavy atom. The summed E-state index contributed by atoms with van der Waals surface area (Å²) >= 11 is 0. The number of halogens is 2. The molecule has 132 valence electrons. The van der Waals surface area contributed by atoms with E-state index in [4.69, 9.17) is 9.84 Å². The van der Waals surface area contributed by atoms with Crippen molar-refractivity contribution in [2.75, 3.05) is 13.1 Å². The van der Waals surface area contributed by atoms with Crippen LogP contribution in [0.3, 0.4) is 0 Å². The number of nitrogens with one attached hydrogen (secondary N) is 2. The van der Waals surface area contributed by atoms with E-state index in [0.29, 0.717) is 5.56 Å². The molecule has 8 heteroatoms. The molecule has 0 atom stereocenters. The first kappa shape index (κ1) is 18.2. The molecular formula is C17H16F2N2O4. The zero-order valence-corrected chi connectivity index (χ0v) is 13.1. The fourth-order valence-corrected chi connectivity index (χ4v) is 1.99. The van der Waals surface area contributed by atoms with Crippen LogP contribution in [0.25, 0.3) is 0 Å². The summed E-state index contributed by atoms with van der Waals surface area (Å²) in [6.07, 6.45) is -1.19. The van der Waals surface area contributed by atoms with Crippen LogP contribution in [-0.2, 0) is 6.61 Å². The second kappa shape index (κ2) is 8.62. The number of carboxylic acid groups (broad SMARTS) is 1. The van der Waals surface area contributed by atoms with Crippen molar-refractivity contribution in [1.29, 1.82) is 0 Å². The summed E-state index contributed by atoms with van der Waals surface area (Å²) in [6, 6.07) is 9.45. The summed E-state index contributed by atoms with van der Waals surface area (Å²) < 4.78 is 32.4. The van der Waals surface area contributed by atoms with Crippen molar-refractivity contribution in [1.82, 2.24) is 10.6 Å². The van der Waals surface area contributed by atoms with Gasteiger partial charge in [0.1, 0.15) is 12.4 Å². The second-order valence-electron chi connectivity index (χ2n) is 5.05. The molecule has 0 radical (unpaired) electrons. The Morgan fingerprint density at radius 1 is 1.04 bits per heavy atom. The van der Waals surface area contributed by atoms with Gasteiger partial charge in [0.25, 0.3) is 5.91 Å². The molecule has 0 heterocycles. The quantitative estimate of drug-likeness (QED) is 0.670. The molecule has 0 saturated heterocycles. The van der Waals surface area contributed by atoms with Gasteiger partial charge in [-0.25, -0.2) is 13.6 Å². The highest BCUT2D eigenvalue weighted by molar-refractivity contribution is 5.94. The number of ether oxygens (including phenoxy) is 1. The molecule has 2 rings (SSSR count). The number of benzene rings is 2. The van der Waals surface area contributed by atoms with Crippen LogP contribution in [0, 0.1) is 11.6 Å². The highest BCUT2D eigenvalue weighted by atomic mass is 19.1. The van der Waals surface area contributed by atoms with E-state index < -0.39 is 23.6 Å². The predicted octanol–water partition coefficient (Wildman–Crippen LogP) is 2.54. The Morgan fingerprint density at radius 2 is 1.80 bits per heavy atom. The van der Waals surface area contributed by atoms with Gasteiger partial charge in [-0.3, -0.25) is 4.79 Å². The van der Waals surface area contributed by atoms with E-state index in [2.05, 4.69) is 10.6 Å². The minimum Gasteiger partial charge on any atom is -0.486 e. The monoisotopic (exact) mass is 350 g/mol. The van der Waals surface area contributed by atoms with Gasteiger partial charge in [-0.05, 0) is 35.9 Å². The second-order valence-corrected chi connectivity index (χ2v) is 5.05. The lowest BCUT2D eigenvalue weighted by molar-refractivity contribution is 0.0952. The first-order valence-electron chi connectivity index (χ1n) is 7.37. The van der Waals surface area contributed by atoms with E-state index in [0.717, 1.165) is 6.07 Å². The molecule has 0 fully saturated rings. The van der Waals surface area contributed by atoms with Crippen molar-refractivity contribution in [3.05, 3.63) is 65.2 Å². The number of rotatable bonds is 7. The smallest absolute Gasteiger partial charge is 0.404 e. The van der Waals surface area contributed by atoms with Crippen molar-refractivity contribution in [2.45, 2.75) is 6.61 Å². The molecule has 0 aliphatic rings. The van der Waals surface area contributed by atoms with Gasteiger partial charge in [-0.15, -0.1) is 0 Å². The Bertz CT molecular complexity index is 768. The van der Waals surface area contributed by atoms with Gasteiger partial charge in [0.05, 0.1) is 0 Å². The Hall–Kier alpha value is -3.16. The number of carbonyl (C=O) groups is 2. The highest BCUT2D eigenvalue weighted by Crippen LogP contribution is 2.20. The summed E-state index contributed by atoms with van der Waals surface area (Å²) in [5, 5.41) is 12.9. The zero-order chi connectivity index (χ0) is 18.2. The van der Waals surface area contributed by atoms with Gasteiger partial charge < -0.3 is 20.5 Å². The Balaban J connectivity index is 1.91. The highest BCUT2D eigenvalue weighted by Gasteiger charge is 2.11. The standard InChI is InChI=1S/C17H16F2N2O4/c18-13-3-1-2-11(8-13)10-25-15-5-4-12(9-14(15)19)16(22)20-6-7-21-17(23)24/h1-5,8-9,21H,6-7,10H2,(H,20,22)(H,23,24). The van der Waals surface area contributed by atoms with Crippen LogP contribution in [0.5, 0.6) is 5.75 Å². The molecule has 2 amide bonds. The number of amides is 2. The lowest BCUT2D eigenvalue weighted by Crippen LogP contribution is -2.33. The molecule has 3 N–H and O–H groups in total. The third kappa shape index (κ3) is 5.76. The molecule has 0 aliphatic carbocycles. The molecule has 0 spiro atoms. The number of hydrogen-bond acceptors (Lipinski definition) is 3. The third-order valence-electron chi connectivity index (χ3n) is 3.16. The summed E-state index contributed by atoms with van der Waals surface area (Å²) in [5.41, 5.74) is 0.623. The van der Waals surface area contributed by atoms with Gasteiger partial charge in [0, 0.05) is 18.7 Å². The average molecular weight is 350 g/mol. The zero-order valence-electron chi connectivity index (χ0n) is 13.1. The Labute approximate surface area is 142 Å². The minimum absolute atomic E-state index is 0.0128. The first-order valence-corrected chi connectivity index (χ1v) is 7.37. The summed E-state index contributed by atoms with van der Waals surface area (Å²) in [5.74, 6) is -1.74. The van der Waals surface area contributed by atoms with Crippen molar-refractivity contribution in [2.24, 2.45) is 0 Å². The van der Waals surface area contributed by atoms with E-state index in [-0.39, 0.29) is 31.0 Å². The average Bonchev–Trinajstić information content (AvgIpc) is 2.57. The van der Waals surface area contributed by atoms with Crippen molar-refractivity contribution in [3.8, 4) is 5.75 Å². The molecule has 2 aromatic rings. The lowest BCUT2D eigenvalue weighted by atomic mass is 10.2. The van der Waals surface area contributed by atoms with Crippen LogP contribution < -0.4 is 15.4 Å². The van der Waals surface area contributed by atoms with Gasteiger partial charge in [0.2, 0.25) is 0 Å². The number of carbonyl (C=O) groups excluding carboxylic acids is 1. The molecule has 2 aromatic carbocycles. The van der Waals surface area contributed by atoms with E-state index in [1.807, 2.05) is 0 Å². The summed E-state index contributed by atoms with van der Waals surface area (Å²) in [4.78, 5) is 22.1. The SMILES string of the molecule is O=C(O)NCCNC(=O)c1ccc(OCc2cccc(F)c2)c(F)c1. The third-order valence-corrected chi connectivity index (χ3v) is 3.16. The van der Waals surface area contributed by atoms with Gasteiger partial charge >= 0.3 is 6.09 Å². The maximum atomic E-state index is 14.0. The van der Waals surface area contributed by atoms with E-state index in [1.165, 1.54) is 30.3 Å². The van der Waals surface area contributed by atoms with Gasteiger partial charge in [-0.2, -0.15) is 0 Å². The molecule has 0 aromatic heterocycles. The van der Waals surface area contributed by atoms with Crippen LogP contribution in [0.1, 0.15) is 15.9 Å². The largest absolute Gasteiger partial charge is 0.486 e. The normalized spacial score (nSPS) is 10.2. The maximum absolute atomic E-state index is 14.0. The van der Waals surface area contributed by atoms with Crippen LogP contribution in [-0.4, -0.2) is 30.2 Å². The summed E-state index contributed by atoms with van der Waals surface area (Å²) in [6.45, 7) is 0.101. The first-order chi connectivity index (χ1) is 12.0. The molecule has 0 unspecified atom stereocenters. The minimum atomic E-state index is -1.19. The van der Waals surface area contributed by atoms with Crippen LogP contribution in [0.2, 0.25) is 0 Å². The molecule has 25 heavy (non-hydrogen) atoms. The van der Waals surface area contributed by atoms with Crippen molar-refractivity contribution in [3.63, 3.8) is 0 Å². The van der Waals surface area contributed by atoms with E-state index in [1.54, 1.807) is 6.07 Å². The van der Waals surface area contributed by atoms with E-state index >= 15 is 0 Å². The molecule has 0 saturated carbocycles. The fraction of sp³-hybridized carbons (Fsp3) is 0.176. The predicted molar refractivity (Wildman–Crippen MR) is 85.5 cm³/mol. The maximum Gasteiger partial charge on any atom is 0.404 e. The topological polar surface area (TPSA) is 87.7 Å².